The van der Waals surface area contributed by atoms with Crippen molar-refractivity contribution < 1.29 is 14.3 Å². The maximum Gasteiger partial charge on any atom is 0.276 e. The van der Waals surface area contributed by atoms with Crippen LogP contribution in [0.1, 0.15) is 74.5 Å². The number of carbonyl (C=O) groups is 2. The molecule has 0 radical (unpaired) electrons. The highest BCUT2D eigenvalue weighted by Gasteiger charge is 2.22. The number of rotatable bonds is 20. The van der Waals surface area contributed by atoms with Gasteiger partial charge in [-0.05, 0) is 44.9 Å². The fourth-order valence-electron chi connectivity index (χ4n) is 4.44. The number of nitrogens with zero attached hydrogens (tertiary/aromatic N) is 3. The lowest BCUT2D eigenvalue weighted by Gasteiger charge is -2.35. The molecular formula is C35H52N6O3. The molecule has 1 unspecified atom stereocenters. The molecule has 9 heteroatoms. The Balaban J connectivity index is 1.60. The number of nitrogens with one attached hydrogen (secondary N) is 3. The second kappa shape index (κ2) is 23.6. The molecule has 3 N–H and O–H groups in total. The SMILES string of the molecule is CCC=CCC=CCC=CCC=CCC=CCC=CCCC(=O)NCC(CNC(=O)c1c[n+]([O-])c(C)cn1)N1CCNCC1. The highest BCUT2D eigenvalue weighted by molar-refractivity contribution is 5.91. The average Bonchev–Trinajstić information content (AvgIpc) is 3.03. The van der Waals surface area contributed by atoms with Gasteiger partial charge in [0.05, 0.1) is 6.20 Å². The molecule has 1 aliphatic rings. The van der Waals surface area contributed by atoms with Crippen LogP contribution in [0.15, 0.2) is 85.3 Å². The molecule has 1 aromatic rings. The summed E-state index contributed by atoms with van der Waals surface area (Å²) >= 11 is 0. The van der Waals surface area contributed by atoms with Crippen LogP contribution in [0.3, 0.4) is 0 Å². The van der Waals surface area contributed by atoms with Gasteiger partial charge in [0, 0.05) is 58.7 Å². The van der Waals surface area contributed by atoms with Gasteiger partial charge in [0.1, 0.15) is 0 Å². The minimum absolute atomic E-state index is 0.0106. The van der Waals surface area contributed by atoms with Crippen LogP contribution in [-0.2, 0) is 4.79 Å². The summed E-state index contributed by atoms with van der Waals surface area (Å²) in [7, 11) is 0. The van der Waals surface area contributed by atoms with Crippen molar-refractivity contribution in [2.45, 2.75) is 71.3 Å². The number of aryl methyl sites for hydroxylation is 1. The fourth-order valence-corrected chi connectivity index (χ4v) is 4.44. The van der Waals surface area contributed by atoms with E-state index in [1.54, 1.807) is 6.92 Å². The summed E-state index contributed by atoms with van der Waals surface area (Å²) in [6, 6.07) is -0.0549. The van der Waals surface area contributed by atoms with Gasteiger partial charge >= 0.3 is 0 Å². The lowest BCUT2D eigenvalue weighted by atomic mass is 10.2. The number of amides is 2. The maximum absolute atomic E-state index is 12.6. The molecule has 1 aromatic heterocycles. The van der Waals surface area contributed by atoms with Crippen molar-refractivity contribution in [3.8, 4) is 0 Å². The van der Waals surface area contributed by atoms with Gasteiger partial charge < -0.3 is 21.2 Å². The van der Waals surface area contributed by atoms with Gasteiger partial charge in [-0.2, -0.15) is 4.73 Å². The zero-order valence-electron chi connectivity index (χ0n) is 26.6. The summed E-state index contributed by atoms with van der Waals surface area (Å²) in [5.41, 5.74) is 0.497. The topological polar surface area (TPSA) is 113 Å². The van der Waals surface area contributed by atoms with Gasteiger partial charge in [-0.3, -0.25) is 14.5 Å². The van der Waals surface area contributed by atoms with Crippen LogP contribution in [0.2, 0.25) is 0 Å². The van der Waals surface area contributed by atoms with E-state index in [0.29, 0.717) is 36.4 Å². The first-order chi connectivity index (χ1) is 21.5. The minimum atomic E-state index is -0.404. The van der Waals surface area contributed by atoms with Gasteiger partial charge in [-0.1, -0.05) is 79.8 Å². The predicted octanol–water partition coefficient (Wildman–Crippen LogP) is 4.62. The summed E-state index contributed by atoms with van der Waals surface area (Å²) in [6.45, 7) is 7.94. The molecule has 1 aliphatic heterocycles. The first-order valence-corrected chi connectivity index (χ1v) is 16.0. The van der Waals surface area contributed by atoms with Crippen molar-refractivity contribution in [1.29, 1.82) is 0 Å². The molecule has 0 bridgehead atoms. The summed E-state index contributed by atoms with van der Waals surface area (Å²) < 4.78 is 0.633. The van der Waals surface area contributed by atoms with Crippen molar-refractivity contribution in [3.05, 3.63) is 102 Å². The van der Waals surface area contributed by atoms with E-state index in [2.05, 4.69) is 99.6 Å². The molecule has 0 saturated carbocycles. The smallest absolute Gasteiger partial charge is 0.276 e. The van der Waals surface area contributed by atoms with Crippen LogP contribution in [-0.4, -0.2) is 67.0 Å². The Kier molecular flexibility index (Phi) is 19.5. The Hall–Kier alpha value is -3.82. The van der Waals surface area contributed by atoms with Crippen molar-refractivity contribution in [2.24, 2.45) is 0 Å². The Bertz CT molecular complexity index is 1150. The van der Waals surface area contributed by atoms with Crippen molar-refractivity contribution in [1.82, 2.24) is 25.8 Å². The fraction of sp³-hybridized carbons (Fsp3) is 0.486. The van der Waals surface area contributed by atoms with Gasteiger partial charge in [0.15, 0.2) is 5.69 Å². The van der Waals surface area contributed by atoms with E-state index in [1.807, 2.05) is 6.08 Å². The molecule has 1 saturated heterocycles. The minimum Gasteiger partial charge on any atom is -0.618 e. The highest BCUT2D eigenvalue weighted by Crippen LogP contribution is 2.03. The molecule has 2 rings (SSSR count). The molecule has 0 aromatic carbocycles. The summed E-state index contributed by atoms with van der Waals surface area (Å²) in [4.78, 5) is 31.4. The summed E-state index contributed by atoms with van der Waals surface area (Å²) in [5, 5.41) is 21.0. The molecule has 0 aliphatic carbocycles. The molecule has 240 valence electrons. The van der Waals surface area contributed by atoms with Crippen molar-refractivity contribution in [3.63, 3.8) is 0 Å². The largest absolute Gasteiger partial charge is 0.618 e. The van der Waals surface area contributed by atoms with E-state index in [9.17, 15) is 14.8 Å². The zero-order chi connectivity index (χ0) is 31.7. The lowest BCUT2D eigenvalue weighted by Crippen LogP contribution is -2.55. The van der Waals surface area contributed by atoms with Gasteiger partial charge in [0.2, 0.25) is 17.8 Å². The average molecular weight is 605 g/mol. The quantitative estimate of drug-likeness (QED) is 0.114. The second-order valence-electron chi connectivity index (χ2n) is 10.6. The molecule has 1 fully saturated rings. The van der Waals surface area contributed by atoms with Crippen LogP contribution in [0.4, 0.5) is 0 Å². The molecule has 2 amide bonds. The Morgan fingerprint density at radius 1 is 0.886 bits per heavy atom. The van der Waals surface area contributed by atoms with Gasteiger partial charge in [0.25, 0.3) is 5.91 Å². The molecule has 2 heterocycles. The van der Waals surface area contributed by atoms with Crippen LogP contribution < -0.4 is 20.7 Å². The third kappa shape index (κ3) is 16.7. The van der Waals surface area contributed by atoms with Crippen molar-refractivity contribution in [2.75, 3.05) is 39.3 Å². The number of allylic oxidation sites excluding steroid dienone is 12. The van der Waals surface area contributed by atoms with Crippen LogP contribution in [0, 0.1) is 12.1 Å². The summed E-state index contributed by atoms with van der Waals surface area (Å²) in [5.74, 6) is -0.415. The zero-order valence-corrected chi connectivity index (χ0v) is 26.6. The van der Waals surface area contributed by atoms with E-state index in [1.165, 1.54) is 12.4 Å². The second-order valence-corrected chi connectivity index (χ2v) is 10.6. The number of hydrogen-bond acceptors (Lipinski definition) is 6. The highest BCUT2D eigenvalue weighted by atomic mass is 16.5. The van der Waals surface area contributed by atoms with E-state index in [0.717, 1.165) is 64.7 Å². The monoisotopic (exact) mass is 604 g/mol. The Labute approximate surface area is 264 Å². The first kappa shape index (κ1) is 36.4. The molecular weight excluding hydrogens is 552 g/mol. The van der Waals surface area contributed by atoms with E-state index < -0.39 is 5.91 Å². The van der Waals surface area contributed by atoms with E-state index >= 15 is 0 Å². The first-order valence-electron chi connectivity index (χ1n) is 16.0. The number of aromatic nitrogens is 2. The number of piperazine rings is 1. The lowest BCUT2D eigenvalue weighted by molar-refractivity contribution is -0.613. The molecule has 44 heavy (non-hydrogen) atoms. The van der Waals surface area contributed by atoms with Gasteiger partial charge in [-0.25, -0.2) is 4.98 Å². The van der Waals surface area contributed by atoms with Crippen LogP contribution in [0.5, 0.6) is 0 Å². The number of carbonyl (C=O) groups excluding carboxylic acids is 2. The standard InChI is InChI=1S/C35H52N6O3/c1-3-4-5-6-7-8-9-10-11-12-13-14-15-16-17-18-19-20-21-22-34(42)38-28-32(40-25-23-36-24-26-40)29-39-35(43)33-30-41(44)31(2)27-37-33/h4-5,7-8,10-11,13-14,16-17,19-20,27,30,32,36H,3,6,9,12,15,18,21-26,28-29H2,1-2H3,(H,38,42)(H,39,43). The molecule has 9 nitrogen and oxygen atoms in total. The van der Waals surface area contributed by atoms with Crippen molar-refractivity contribution >= 4 is 11.8 Å². The third-order valence-electron chi connectivity index (χ3n) is 7.05. The normalized spacial score (nSPS) is 15.5. The predicted molar refractivity (Wildman–Crippen MR) is 179 cm³/mol. The number of hydrogen-bond donors (Lipinski definition) is 3. The molecule has 1 atom stereocenters. The maximum atomic E-state index is 12.6. The Morgan fingerprint density at radius 2 is 1.41 bits per heavy atom. The third-order valence-corrected chi connectivity index (χ3v) is 7.05. The molecule has 0 spiro atoms. The summed E-state index contributed by atoms with van der Waals surface area (Å²) in [6.07, 6.45) is 35.5. The van der Waals surface area contributed by atoms with Gasteiger partial charge in [-0.15, -0.1) is 0 Å². The van der Waals surface area contributed by atoms with Crippen LogP contribution >= 0.6 is 0 Å². The Morgan fingerprint density at radius 3 is 1.95 bits per heavy atom. The van der Waals surface area contributed by atoms with E-state index in [-0.39, 0.29) is 17.6 Å². The van der Waals surface area contributed by atoms with E-state index in [4.69, 9.17) is 0 Å². The van der Waals surface area contributed by atoms with Crippen LogP contribution in [0.25, 0.3) is 0 Å².